The molecule has 1 heterocycles. The predicted octanol–water partition coefficient (Wildman–Crippen LogP) is 6.89. The van der Waals surface area contributed by atoms with Gasteiger partial charge in [0.15, 0.2) is 0 Å². The maximum atomic E-state index is 13.6. The van der Waals surface area contributed by atoms with Crippen LogP contribution < -0.4 is 10.1 Å². The maximum absolute atomic E-state index is 13.6. The lowest BCUT2D eigenvalue weighted by Gasteiger charge is -2.37. The summed E-state index contributed by atoms with van der Waals surface area (Å²) in [6.07, 6.45) is -0.570. The lowest BCUT2D eigenvalue weighted by Crippen LogP contribution is -2.42. The van der Waals surface area contributed by atoms with E-state index in [4.69, 9.17) is 27.9 Å². The Morgan fingerprint density at radius 3 is 2.26 bits per heavy atom. The number of ether oxygens (including phenoxy) is 1. The molecule has 1 N–H and O–H groups in total. The van der Waals surface area contributed by atoms with Gasteiger partial charge < -0.3 is 10.1 Å². The molecule has 0 radical (unpaired) electrons. The number of hydrogen-bond donors (Lipinski definition) is 1. The van der Waals surface area contributed by atoms with Crippen molar-refractivity contribution in [2.24, 2.45) is 0 Å². The summed E-state index contributed by atoms with van der Waals surface area (Å²) >= 11 is 12.1. The highest BCUT2D eigenvalue weighted by molar-refractivity contribution is 7.89. The Hall–Kier alpha value is -3.03. The van der Waals surface area contributed by atoms with Crippen LogP contribution in [0.3, 0.4) is 0 Å². The van der Waals surface area contributed by atoms with Gasteiger partial charge in [0.25, 0.3) is 0 Å². The Bertz CT molecular complexity index is 1450. The van der Waals surface area contributed by atoms with Crippen LogP contribution >= 0.6 is 23.2 Å². The van der Waals surface area contributed by atoms with E-state index >= 15 is 0 Å². The number of anilines is 1. The largest absolute Gasteiger partial charge is 0.489 e. The number of benzene rings is 4. The Kier molecular flexibility index (Phi) is 6.71. The van der Waals surface area contributed by atoms with Crippen LogP contribution in [0.25, 0.3) is 0 Å². The number of nitrogens with one attached hydrogen (secondary N) is 1. The zero-order valence-electron chi connectivity index (χ0n) is 18.6. The van der Waals surface area contributed by atoms with Crippen LogP contribution in [-0.4, -0.2) is 12.7 Å². The van der Waals surface area contributed by atoms with Crippen LogP contribution in [0, 0.1) is 0 Å². The molecule has 0 amide bonds. The summed E-state index contributed by atoms with van der Waals surface area (Å²) in [4.78, 5) is 0.272. The van der Waals surface area contributed by atoms with Gasteiger partial charge in [-0.2, -0.15) is 4.31 Å². The minimum Gasteiger partial charge on any atom is -0.489 e. The quantitative estimate of drug-likeness (QED) is 0.298. The summed E-state index contributed by atoms with van der Waals surface area (Å²) in [5, 5.41) is 4.38. The van der Waals surface area contributed by atoms with E-state index in [-0.39, 0.29) is 11.4 Å². The lowest BCUT2D eigenvalue weighted by molar-refractivity contribution is 0.305. The molecular formula is C27H22Cl2N2O3S. The fourth-order valence-corrected chi connectivity index (χ4v) is 6.03. The first-order valence-electron chi connectivity index (χ1n) is 11.0. The fourth-order valence-electron chi connectivity index (χ4n) is 4.03. The third-order valence-electron chi connectivity index (χ3n) is 5.82. The molecule has 0 spiro atoms. The average Bonchev–Trinajstić information content (AvgIpc) is 2.87. The molecule has 0 saturated carbocycles. The second-order valence-electron chi connectivity index (χ2n) is 8.19. The highest BCUT2D eigenvalue weighted by atomic mass is 35.5. The maximum Gasteiger partial charge on any atom is 0.247 e. The van der Waals surface area contributed by atoms with Crippen LogP contribution in [0.4, 0.5) is 5.69 Å². The van der Waals surface area contributed by atoms with Crippen LogP contribution in [0.1, 0.15) is 22.9 Å². The first-order valence-corrected chi connectivity index (χ1v) is 13.2. The Morgan fingerprint density at radius 1 is 0.800 bits per heavy atom. The molecule has 35 heavy (non-hydrogen) atoms. The van der Waals surface area contributed by atoms with Crippen LogP contribution in [0.2, 0.25) is 10.0 Å². The number of hydrogen-bond acceptors (Lipinski definition) is 4. The van der Waals surface area contributed by atoms with E-state index in [0.29, 0.717) is 28.1 Å². The summed E-state index contributed by atoms with van der Waals surface area (Å²) in [5.41, 5.74) is 3.20. The molecule has 1 atom stereocenters. The minimum atomic E-state index is -3.73. The Balaban J connectivity index is 1.41. The van der Waals surface area contributed by atoms with E-state index in [0.717, 1.165) is 16.7 Å². The molecular weight excluding hydrogens is 503 g/mol. The molecule has 1 aliphatic rings. The monoisotopic (exact) mass is 524 g/mol. The Morgan fingerprint density at radius 2 is 1.51 bits per heavy atom. The average molecular weight is 525 g/mol. The van der Waals surface area contributed by atoms with Gasteiger partial charge in [-0.3, -0.25) is 0 Å². The summed E-state index contributed by atoms with van der Waals surface area (Å²) in [6, 6.07) is 29.3. The van der Waals surface area contributed by atoms with Crippen molar-refractivity contribution >= 4 is 38.9 Å². The standard InChI is InChI=1S/C27H22Cl2N2O3S/c28-23-15-10-20(16-24(23)29)18-34-22-13-11-21(12-14-22)27-30-25-8-4-5-9-26(25)35(32,33)31(27)17-19-6-2-1-3-7-19/h1-16,27,30H,17-18H2. The molecule has 4 aromatic rings. The number of rotatable bonds is 6. The van der Waals surface area contributed by atoms with Crippen molar-refractivity contribution in [1.82, 2.24) is 4.31 Å². The second-order valence-corrected chi connectivity index (χ2v) is 10.9. The molecule has 0 saturated heterocycles. The molecule has 8 heteroatoms. The summed E-state index contributed by atoms with van der Waals surface area (Å²) in [7, 11) is -3.73. The van der Waals surface area contributed by atoms with Gasteiger partial charge in [-0.25, -0.2) is 8.42 Å². The summed E-state index contributed by atoms with van der Waals surface area (Å²) < 4.78 is 34.6. The number of halogens is 2. The van der Waals surface area contributed by atoms with E-state index in [2.05, 4.69) is 5.32 Å². The molecule has 1 unspecified atom stereocenters. The van der Waals surface area contributed by atoms with E-state index in [1.54, 1.807) is 30.3 Å². The zero-order valence-corrected chi connectivity index (χ0v) is 20.9. The molecule has 0 fully saturated rings. The zero-order chi connectivity index (χ0) is 24.4. The van der Waals surface area contributed by atoms with Crippen molar-refractivity contribution in [3.8, 4) is 5.75 Å². The van der Waals surface area contributed by atoms with Crippen LogP contribution in [0.15, 0.2) is 102 Å². The van der Waals surface area contributed by atoms with Gasteiger partial charge in [-0.1, -0.05) is 83.9 Å². The van der Waals surface area contributed by atoms with Gasteiger partial charge in [-0.05, 0) is 53.1 Å². The van der Waals surface area contributed by atoms with Crippen molar-refractivity contribution < 1.29 is 13.2 Å². The number of fused-ring (bicyclic) bond motifs is 1. The minimum absolute atomic E-state index is 0.241. The van der Waals surface area contributed by atoms with Gasteiger partial charge in [0.05, 0.1) is 15.7 Å². The number of nitrogens with zero attached hydrogens (tertiary/aromatic N) is 1. The summed E-state index contributed by atoms with van der Waals surface area (Å²) in [5.74, 6) is 0.661. The SMILES string of the molecule is O=S1(=O)c2ccccc2NC(c2ccc(OCc3ccc(Cl)c(Cl)c3)cc2)N1Cc1ccccc1. The van der Waals surface area contributed by atoms with Crippen molar-refractivity contribution in [3.63, 3.8) is 0 Å². The van der Waals surface area contributed by atoms with Crippen molar-refractivity contribution in [3.05, 3.63) is 124 Å². The van der Waals surface area contributed by atoms with Crippen LogP contribution in [0.5, 0.6) is 5.75 Å². The van der Waals surface area contributed by atoms with E-state index in [1.807, 2.05) is 66.7 Å². The topological polar surface area (TPSA) is 58.6 Å². The number of sulfonamides is 1. The van der Waals surface area contributed by atoms with Gasteiger partial charge in [-0.15, -0.1) is 0 Å². The third kappa shape index (κ3) is 5.02. The summed E-state index contributed by atoms with van der Waals surface area (Å²) in [6.45, 7) is 0.574. The molecule has 0 bridgehead atoms. The molecule has 0 aromatic heterocycles. The molecule has 178 valence electrons. The predicted molar refractivity (Wildman–Crippen MR) is 139 cm³/mol. The number of para-hydroxylation sites is 1. The van der Waals surface area contributed by atoms with Gasteiger partial charge in [0.2, 0.25) is 10.0 Å². The molecule has 1 aliphatic heterocycles. The lowest BCUT2D eigenvalue weighted by atomic mass is 10.1. The van der Waals surface area contributed by atoms with Gasteiger partial charge in [0, 0.05) is 6.54 Å². The van der Waals surface area contributed by atoms with Crippen LogP contribution in [-0.2, 0) is 23.2 Å². The second kappa shape index (κ2) is 9.91. The molecule has 4 aromatic carbocycles. The van der Waals surface area contributed by atoms with Crippen molar-refractivity contribution in [2.45, 2.75) is 24.2 Å². The van der Waals surface area contributed by atoms with E-state index < -0.39 is 16.2 Å². The fraction of sp³-hybridized carbons (Fsp3) is 0.111. The highest BCUT2D eigenvalue weighted by Crippen LogP contribution is 2.39. The van der Waals surface area contributed by atoms with Gasteiger partial charge in [0.1, 0.15) is 23.4 Å². The van der Waals surface area contributed by atoms with Crippen molar-refractivity contribution in [1.29, 1.82) is 0 Å². The van der Waals surface area contributed by atoms with E-state index in [9.17, 15) is 8.42 Å². The molecule has 5 nitrogen and oxygen atoms in total. The first-order chi connectivity index (χ1) is 16.9. The van der Waals surface area contributed by atoms with Crippen molar-refractivity contribution in [2.75, 3.05) is 5.32 Å². The highest BCUT2D eigenvalue weighted by Gasteiger charge is 2.38. The molecule has 5 rings (SSSR count). The van der Waals surface area contributed by atoms with E-state index in [1.165, 1.54) is 4.31 Å². The molecule has 0 aliphatic carbocycles. The normalized spacial score (nSPS) is 16.8. The smallest absolute Gasteiger partial charge is 0.247 e. The van der Waals surface area contributed by atoms with Gasteiger partial charge >= 0.3 is 0 Å². The first kappa shape index (κ1) is 23.7. The third-order valence-corrected chi connectivity index (χ3v) is 8.43. The Labute approximate surface area is 214 Å².